The van der Waals surface area contributed by atoms with E-state index in [4.69, 9.17) is 19.3 Å². The number of aliphatic hydroxyl groups excluding tert-OH is 1. The summed E-state index contributed by atoms with van der Waals surface area (Å²) >= 11 is 0. The lowest BCUT2D eigenvalue weighted by Crippen LogP contribution is -2.29. The molecule has 9 heteroatoms. The fraction of sp³-hybridized carbons (Fsp3) is 0.500. The summed E-state index contributed by atoms with van der Waals surface area (Å²) in [6.45, 7) is 2.28. The molecule has 0 spiro atoms. The lowest BCUT2D eigenvalue weighted by Gasteiger charge is -2.29. The first kappa shape index (κ1) is 25.1. The zero-order valence-corrected chi connectivity index (χ0v) is 20.3. The monoisotopic (exact) mass is 481 g/mol. The van der Waals surface area contributed by atoms with Crippen LogP contribution in [0.1, 0.15) is 61.1 Å². The van der Waals surface area contributed by atoms with Crippen LogP contribution >= 0.6 is 0 Å². The Morgan fingerprint density at radius 2 is 1.77 bits per heavy atom. The second-order valence-corrected chi connectivity index (χ2v) is 8.65. The van der Waals surface area contributed by atoms with Crippen LogP contribution in [0.4, 0.5) is 0 Å². The Hall–Kier alpha value is -3.01. The van der Waals surface area contributed by atoms with Crippen LogP contribution in [0.3, 0.4) is 0 Å². The highest BCUT2D eigenvalue weighted by atomic mass is 16.5. The second-order valence-electron chi connectivity index (χ2n) is 8.65. The van der Waals surface area contributed by atoms with E-state index in [0.29, 0.717) is 38.8 Å². The van der Waals surface area contributed by atoms with Crippen LogP contribution in [-0.2, 0) is 11.3 Å². The molecular weight excluding hydrogens is 446 g/mol. The summed E-state index contributed by atoms with van der Waals surface area (Å²) in [6, 6.07) is 16.1. The van der Waals surface area contributed by atoms with Crippen molar-refractivity contribution in [1.29, 1.82) is 0 Å². The van der Waals surface area contributed by atoms with E-state index in [9.17, 15) is 0 Å². The van der Waals surface area contributed by atoms with Gasteiger partial charge >= 0.3 is 0 Å². The molecule has 9 nitrogen and oxygen atoms in total. The zero-order chi connectivity index (χ0) is 24.3. The maximum Gasteiger partial charge on any atom is 0.173 e. The number of rotatable bonds is 15. The predicted molar refractivity (Wildman–Crippen MR) is 131 cm³/mol. The molecule has 1 aromatic heterocycles. The molecule has 0 radical (unpaired) electrons. The summed E-state index contributed by atoms with van der Waals surface area (Å²) in [6.07, 6.45) is 4.86. The van der Waals surface area contributed by atoms with Crippen LogP contribution in [0.2, 0.25) is 0 Å². The van der Waals surface area contributed by atoms with Crippen molar-refractivity contribution in [3.8, 4) is 11.5 Å². The van der Waals surface area contributed by atoms with Gasteiger partial charge in [0.15, 0.2) is 5.82 Å². The lowest BCUT2D eigenvalue weighted by molar-refractivity contribution is 0.145. The van der Waals surface area contributed by atoms with Crippen molar-refractivity contribution in [3.63, 3.8) is 0 Å². The van der Waals surface area contributed by atoms with Gasteiger partial charge in [-0.3, -0.25) is 5.32 Å². The first-order valence-corrected chi connectivity index (χ1v) is 12.3. The number of para-hydroxylation sites is 2. The number of nitrogens with zero attached hydrogens (tertiary/aromatic N) is 4. The molecule has 1 unspecified atom stereocenters. The van der Waals surface area contributed by atoms with E-state index in [1.807, 2.05) is 41.1 Å². The van der Waals surface area contributed by atoms with Gasteiger partial charge in [0.1, 0.15) is 18.1 Å². The Morgan fingerprint density at radius 1 is 1.00 bits per heavy atom. The lowest BCUT2D eigenvalue weighted by atomic mass is 9.92. The van der Waals surface area contributed by atoms with Crippen molar-refractivity contribution in [2.75, 3.05) is 33.5 Å². The molecule has 0 bridgehead atoms. The number of ether oxygens (including phenoxy) is 3. The number of hydrogen-bond acceptors (Lipinski definition) is 8. The molecule has 1 aliphatic rings. The molecule has 1 saturated carbocycles. The van der Waals surface area contributed by atoms with E-state index < -0.39 is 0 Å². The Labute approximate surface area is 206 Å². The highest BCUT2D eigenvalue weighted by molar-refractivity contribution is 5.40. The van der Waals surface area contributed by atoms with E-state index in [-0.39, 0.29) is 12.6 Å². The molecule has 0 saturated heterocycles. The van der Waals surface area contributed by atoms with Gasteiger partial charge < -0.3 is 19.3 Å². The molecular formula is C26H35N5O4. The number of aromatic nitrogens is 4. The van der Waals surface area contributed by atoms with Crippen LogP contribution in [-0.4, -0.2) is 58.9 Å². The van der Waals surface area contributed by atoms with Crippen LogP contribution in [0.5, 0.6) is 11.5 Å². The van der Waals surface area contributed by atoms with Crippen molar-refractivity contribution in [1.82, 2.24) is 25.5 Å². The molecule has 2 N–H and O–H groups in total. The molecule has 3 aromatic rings. The van der Waals surface area contributed by atoms with E-state index in [1.54, 1.807) is 7.11 Å². The van der Waals surface area contributed by atoms with Gasteiger partial charge in [-0.1, -0.05) is 36.4 Å². The molecule has 0 aliphatic heterocycles. The molecule has 188 valence electrons. The number of nitrogens with one attached hydrogen (secondary N) is 1. The fourth-order valence-corrected chi connectivity index (χ4v) is 4.11. The third-order valence-corrected chi connectivity index (χ3v) is 6.25. The molecule has 1 fully saturated rings. The van der Waals surface area contributed by atoms with Crippen LogP contribution in [0.25, 0.3) is 0 Å². The summed E-state index contributed by atoms with van der Waals surface area (Å²) in [7, 11) is 1.66. The van der Waals surface area contributed by atoms with Gasteiger partial charge in [0.05, 0.1) is 25.3 Å². The second kappa shape index (κ2) is 13.2. The minimum atomic E-state index is -0.272. The highest BCUT2D eigenvalue weighted by Gasteiger charge is 2.30. The van der Waals surface area contributed by atoms with Crippen molar-refractivity contribution >= 4 is 0 Å². The number of tetrazole rings is 1. The van der Waals surface area contributed by atoms with Crippen LogP contribution < -0.4 is 14.8 Å². The summed E-state index contributed by atoms with van der Waals surface area (Å²) < 4.78 is 19.2. The van der Waals surface area contributed by atoms with Gasteiger partial charge in [0, 0.05) is 31.4 Å². The molecule has 1 heterocycles. The third kappa shape index (κ3) is 6.56. The standard InChI is InChI=1S/C26H35N5O4/c1-33-17-18-35-23-13-4-2-9-20(23)19-27-25(26-28-29-30-31(26)21-10-8-11-21)22-12-3-5-14-24(22)34-16-7-6-15-32/h2-5,9,12-14,21,25,27,32H,6-8,10-11,15-19H2,1H3. The fourth-order valence-electron chi connectivity index (χ4n) is 4.11. The van der Waals surface area contributed by atoms with Gasteiger partial charge in [0.2, 0.25) is 0 Å². The minimum absolute atomic E-state index is 0.164. The number of benzene rings is 2. The normalized spacial score (nSPS) is 14.5. The van der Waals surface area contributed by atoms with Crippen molar-refractivity contribution in [3.05, 3.63) is 65.5 Å². The maximum atomic E-state index is 9.10. The van der Waals surface area contributed by atoms with E-state index in [0.717, 1.165) is 47.7 Å². The van der Waals surface area contributed by atoms with Gasteiger partial charge in [-0.15, -0.1) is 5.10 Å². The molecule has 35 heavy (non-hydrogen) atoms. The molecule has 1 aliphatic carbocycles. The van der Waals surface area contributed by atoms with Gasteiger partial charge in [0.25, 0.3) is 0 Å². The summed E-state index contributed by atoms with van der Waals surface area (Å²) in [5.41, 5.74) is 2.02. The first-order valence-electron chi connectivity index (χ1n) is 12.3. The number of unbranched alkanes of at least 4 members (excludes halogenated alkanes) is 1. The molecule has 4 rings (SSSR count). The highest BCUT2D eigenvalue weighted by Crippen LogP contribution is 2.36. The van der Waals surface area contributed by atoms with Crippen LogP contribution in [0, 0.1) is 0 Å². The van der Waals surface area contributed by atoms with Crippen molar-refractivity contribution < 1.29 is 19.3 Å². The first-order chi connectivity index (χ1) is 17.3. The van der Waals surface area contributed by atoms with Crippen molar-refractivity contribution in [2.24, 2.45) is 0 Å². The SMILES string of the molecule is COCCOc1ccccc1CNC(c1ccccc1OCCCCO)c1nnnn1C1CCC1. The quantitative estimate of drug-likeness (QED) is 0.318. The Balaban J connectivity index is 1.59. The average Bonchev–Trinajstić information content (AvgIpc) is 3.31. The van der Waals surface area contributed by atoms with Gasteiger partial charge in [-0.05, 0) is 54.7 Å². The van der Waals surface area contributed by atoms with E-state index >= 15 is 0 Å². The van der Waals surface area contributed by atoms with E-state index in [2.05, 4.69) is 33.0 Å². The molecule has 2 aromatic carbocycles. The van der Waals surface area contributed by atoms with Crippen molar-refractivity contribution in [2.45, 2.75) is 50.7 Å². The maximum absolute atomic E-state index is 9.10. The third-order valence-electron chi connectivity index (χ3n) is 6.25. The van der Waals surface area contributed by atoms with E-state index in [1.165, 1.54) is 6.42 Å². The smallest absolute Gasteiger partial charge is 0.173 e. The summed E-state index contributed by atoms with van der Waals surface area (Å²) in [4.78, 5) is 0. The minimum Gasteiger partial charge on any atom is -0.493 e. The summed E-state index contributed by atoms with van der Waals surface area (Å²) in [5, 5.41) is 25.6. The molecule has 0 amide bonds. The average molecular weight is 482 g/mol. The molecule has 1 atom stereocenters. The topological polar surface area (TPSA) is 104 Å². The van der Waals surface area contributed by atoms with Gasteiger partial charge in [-0.25, -0.2) is 4.68 Å². The van der Waals surface area contributed by atoms with Gasteiger partial charge in [-0.2, -0.15) is 0 Å². The summed E-state index contributed by atoms with van der Waals surface area (Å²) in [5.74, 6) is 2.39. The number of aliphatic hydroxyl groups is 1. The Bertz CT molecular complexity index is 1040. The Morgan fingerprint density at radius 3 is 2.54 bits per heavy atom. The predicted octanol–water partition coefficient (Wildman–Crippen LogP) is 3.45. The number of methoxy groups -OCH3 is 1. The Kier molecular flexibility index (Phi) is 9.45. The number of hydrogen-bond donors (Lipinski definition) is 2. The zero-order valence-electron chi connectivity index (χ0n) is 20.3. The van der Waals surface area contributed by atoms with Crippen LogP contribution in [0.15, 0.2) is 48.5 Å². The largest absolute Gasteiger partial charge is 0.493 e.